The summed E-state index contributed by atoms with van der Waals surface area (Å²) in [5.41, 5.74) is 4.32. The van der Waals surface area contributed by atoms with Crippen LogP contribution in [0.3, 0.4) is 0 Å². The number of likely N-dealkylation sites (N-methyl/N-ethyl adjacent to an activating group) is 1. The lowest BCUT2D eigenvalue weighted by Crippen LogP contribution is -2.32. The number of hydrogen-bond donors (Lipinski definition) is 0. The molecule has 1 aliphatic heterocycles. The largest absolute Gasteiger partial charge is 0.344 e. The van der Waals surface area contributed by atoms with Crippen molar-refractivity contribution in [2.75, 3.05) is 38.1 Å². The van der Waals surface area contributed by atoms with Crippen molar-refractivity contribution in [3.63, 3.8) is 0 Å². The van der Waals surface area contributed by atoms with Gasteiger partial charge < -0.3 is 14.4 Å². The Kier molecular flexibility index (Phi) is 6.03. The van der Waals surface area contributed by atoms with Crippen molar-refractivity contribution in [3.05, 3.63) is 70.2 Å². The van der Waals surface area contributed by atoms with Crippen molar-refractivity contribution in [1.29, 1.82) is 0 Å². The third-order valence-electron chi connectivity index (χ3n) is 6.98. The smallest absolute Gasteiger partial charge is 0.275 e. The van der Waals surface area contributed by atoms with E-state index in [0.717, 1.165) is 46.2 Å². The number of rotatable bonds is 6. The number of nitrogens with zero attached hydrogens (tertiary/aromatic N) is 6. The average molecular weight is 519 g/mol. The van der Waals surface area contributed by atoms with E-state index in [1.54, 1.807) is 10.9 Å². The molecule has 0 unspecified atom stereocenters. The van der Waals surface area contributed by atoms with Crippen molar-refractivity contribution in [3.8, 4) is 16.1 Å². The Bertz CT molecular complexity index is 1610. The van der Waals surface area contributed by atoms with Crippen LogP contribution in [0.2, 0.25) is 5.02 Å². The van der Waals surface area contributed by atoms with E-state index in [9.17, 15) is 4.79 Å². The molecule has 0 saturated carbocycles. The first-order valence-electron chi connectivity index (χ1n) is 12.2. The maximum absolute atomic E-state index is 13.5. The lowest BCUT2D eigenvalue weighted by atomic mass is 10.2. The molecule has 4 heterocycles. The van der Waals surface area contributed by atoms with Crippen LogP contribution in [0.25, 0.3) is 37.4 Å². The Balaban J connectivity index is 1.32. The maximum atomic E-state index is 13.5. The zero-order valence-corrected chi connectivity index (χ0v) is 21.9. The lowest BCUT2D eigenvalue weighted by molar-refractivity contribution is 0.346. The molecule has 1 aliphatic rings. The number of imidazole rings is 1. The van der Waals surface area contributed by atoms with Crippen molar-refractivity contribution in [2.24, 2.45) is 7.05 Å². The van der Waals surface area contributed by atoms with E-state index >= 15 is 0 Å². The molecule has 1 saturated heterocycles. The molecule has 0 amide bonds. The van der Waals surface area contributed by atoms with Crippen LogP contribution in [0.1, 0.15) is 12.8 Å². The van der Waals surface area contributed by atoms with Crippen molar-refractivity contribution < 1.29 is 0 Å². The van der Waals surface area contributed by atoms with E-state index in [4.69, 9.17) is 16.6 Å². The number of likely N-dealkylation sites (tertiary alicyclic amines) is 1. The quantitative estimate of drug-likeness (QED) is 0.310. The molecule has 5 aromatic rings. The summed E-state index contributed by atoms with van der Waals surface area (Å²) in [4.78, 5) is 28.6. The number of fused-ring (bicyclic) bond motifs is 2. The van der Waals surface area contributed by atoms with Crippen molar-refractivity contribution >= 4 is 50.1 Å². The molecule has 0 aliphatic carbocycles. The van der Waals surface area contributed by atoms with E-state index in [2.05, 4.69) is 26.4 Å². The summed E-state index contributed by atoms with van der Waals surface area (Å²) >= 11 is 7.49. The highest BCUT2D eigenvalue weighted by Gasteiger charge is 2.17. The van der Waals surface area contributed by atoms with Crippen LogP contribution in [0.15, 0.2) is 59.7 Å². The molecule has 0 spiro atoms. The number of anilines is 1. The topological polar surface area (TPSA) is 59.2 Å². The molecule has 0 radical (unpaired) electrons. The molecule has 0 N–H and O–H groups in total. The minimum absolute atomic E-state index is 0.0744. The summed E-state index contributed by atoms with van der Waals surface area (Å²) in [7, 11) is 4.12. The fourth-order valence-electron chi connectivity index (χ4n) is 4.91. The lowest BCUT2D eigenvalue weighted by Gasteiger charge is -2.22. The number of aryl methyl sites for hydroxylation is 1. The molecule has 7 nitrogen and oxygen atoms in total. The summed E-state index contributed by atoms with van der Waals surface area (Å²) in [5, 5.41) is 0.687. The van der Waals surface area contributed by atoms with E-state index in [-0.39, 0.29) is 5.56 Å². The van der Waals surface area contributed by atoms with Gasteiger partial charge in [-0.3, -0.25) is 9.36 Å². The van der Waals surface area contributed by atoms with Crippen LogP contribution in [0.5, 0.6) is 0 Å². The molecule has 9 heteroatoms. The normalized spacial score (nSPS) is 14.3. The average Bonchev–Trinajstić information content (AvgIpc) is 3.63. The van der Waals surface area contributed by atoms with Gasteiger partial charge in [-0.25, -0.2) is 9.97 Å². The molecule has 36 heavy (non-hydrogen) atoms. The first-order chi connectivity index (χ1) is 17.5. The number of benzene rings is 2. The highest BCUT2D eigenvalue weighted by molar-refractivity contribution is 7.22. The second-order valence-corrected chi connectivity index (χ2v) is 10.9. The molecule has 3 aromatic heterocycles. The number of aromatic nitrogens is 4. The second-order valence-electron chi connectivity index (χ2n) is 9.37. The fraction of sp³-hybridized carbons (Fsp3) is 0.296. The third kappa shape index (κ3) is 4.19. The maximum Gasteiger partial charge on any atom is 0.275 e. The fourth-order valence-corrected chi connectivity index (χ4v) is 6.08. The standard InChI is InChI=1S/C27H27ClN6OS/c1-31(13-14-33-11-3-4-12-33)27-30-21-10-9-20(15-23(21)32(27)2)34-17-29-22-16-24(36-25(22)26(34)35)18-5-7-19(28)8-6-18/h5-10,15-17H,3-4,11-14H2,1-2H3. The molecule has 6 rings (SSSR count). The number of thiophene rings is 1. The Labute approximate surface area is 218 Å². The molecular weight excluding hydrogens is 492 g/mol. The van der Waals surface area contributed by atoms with Crippen LogP contribution in [0.4, 0.5) is 5.95 Å². The van der Waals surface area contributed by atoms with Crippen LogP contribution < -0.4 is 10.5 Å². The second kappa shape index (κ2) is 9.35. The van der Waals surface area contributed by atoms with Gasteiger partial charge in [0.1, 0.15) is 11.0 Å². The zero-order chi connectivity index (χ0) is 24.8. The van der Waals surface area contributed by atoms with Gasteiger partial charge in [0.15, 0.2) is 0 Å². The van der Waals surface area contributed by atoms with Crippen molar-refractivity contribution in [2.45, 2.75) is 12.8 Å². The van der Waals surface area contributed by atoms with Gasteiger partial charge in [0.25, 0.3) is 5.56 Å². The summed E-state index contributed by atoms with van der Waals surface area (Å²) in [6.45, 7) is 4.36. The van der Waals surface area contributed by atoms with E-state index < -0.39 is 0 Å². The van der Waals surface area contributed by atoms with Gasteiger partial charge in [0, 0.05) is 37.1 Å². The minimum Gasteiger partial charge on any atom is -0.344 e. The van der Waals surface area contributed by atoms with Crippen LogP contribution in [0, 0.1) is 0 Å². The number of halogens is 1. The summed E-state index contributed by atoms with van der Waals surface area (Å²) in [6.07, 6.45) is 4.21. The first-order valence-corrected chi connectivity index (χ1v) is 13.3. The zero-order valence-electron chi connectivity index (χ0n) is 20.3. The van der Waals surface area contributed by atoms with Gasteiger partial charge in [0.2, 0.25) is 5.95 Å². The Morgan fingerprint density at radius 2 is 1.83 bits per heavy atom. The van der Waals surface area contributed by atoms with Crippen molar-refractivity contribution in [1.82, 2.24) is 24.0 Å². The van der Waals surface area contributed by atoms with E-state index in [1.807, 2.05) is 55.6 Å². The summed E-state index contributed by atoms with van der Waals surface area (Å²) in [5.74, 6) is 0.924. The van der Waals surface area contributed by atoms with Gasteiger partial charge in [0.05, 0.1) is 22.2 Å². The Morgan fingerprint density at radius 1 is 1.06 bits per heavy atom. The van der Waals surface area contributed by atoms with Gasteiger partial charge in [-0.05, 0) is 67.9 Å². The monoisotopic (exact) mass is 518 g/mol. The Hall–Kier alpha value is -3.20. The van der Waals surface area contributed by atoms with Gasteiger partial charge in [-0.2, -0.15) is 0 Å². The molecule has 1 fully saturated rings. The Morgan fingerprint density at radius 3 is 2.61 bits per heavy atom. The van der Waals surface area contributed by atoms with Gasteiger partial charge in [-0.1, -0.05) is 23.7 Å². The molecule has 184 valence electrons. The summed E-state index contributed by atoms with van der Waals surface area (Å²) < 4.78 is 4.35. The van der Waals surface area contributed by atoms with Gasteiger partial charge >= 0.3 is 0 Å². The minimum atomic E-state index is -0.0744. The highest BCUT2D eigenvalue weighted by Crippen LogP contribution is 2.32. The number of hydrogen-bond acceptors (Lipinski definition) is 6. The predicted octanol–water partition coefficient (Wildman–Crippen LogP) is 5.19. The molecule has 0 atom stereocenters. The molecule has 0 bridgehead atoms. The van der Waals surface area contributed by atoms with E-state index in [1.165, 1.54) is 37.3 Å². The van der Waals surface area contributed by atoms with Crippen LogP contribution in [-0.4, -0.2) is 57.2 Å². The predicted molar refractivity (Wildman–Crippen MR) is 149 cm³/mol. The molecular formula is C27H27ClN6OS. The van der Waals surface area contributed by atoms with Crippen LogP contribution >= 0.6 is 22.9 Å². The first kappa shape index (κ1) is 23.2. The van der Waals surface area contributed by atoms with E-state index in [0.29, 0.717) is 15.2 Å². The highest BCUT2D eigenvalue weighted by atomic mass is 35.5. The van der Waals surface area contributed by atoms with Gasteiger partial charge in [-0.15, -0.1) is 11.3 Å². The SMILES string of the molecule is CN(CCN1CCCC1)c1nc2ccc(-n3cnc4cc(-c5ccc(Cl)cc5)sc4c3=O)cc2n1C. The summed E-state index contributed by atoms with van der Waals surface area (Å²) in [6, 6.07) is 15.5. The third-order valence-corrected chi connectivity index (χ3v) is 8.39. The molecule has 2 aromatic carbocycles. The van der Waals surface area contributed by atoms with Crippen LogP contribution in [-0.2, 0) is 7.05 Å².